The zero-order valence-corrected chi connectivity index (χ0v) is 13.1. The van der Waals surface area contributed by atoms with Crippen LogP contribution in [0, 0.1) is 11.6 Å². The van der Waals surface area contributed by atoms with Crippen molar-refractivity contribution >= 4 is 11.8 Å². The van der Waals surface area contributed by atoms with Crippen LogP contribution in [0.4, 0.5) is 19.3 Å². The number of anilines is 1. The number of halogens is 2. The van der Waals surface area contributed by atoms with Gasteiger partial charge in [-0.15, -0.1) is 0 Å². The van der Waals surface area contributed by atoms with Crippen LogP contribution in [0.1, 0.15) is 32.1 Å². The van der Waals surface area contributed by atoms with Gasteiger partial charge in [-0.05, 0) is 20.3 Å². The third kappa shape index (κ3) is 4.29. The predicted molar refractivity (Wildman–Crippen MR) is 78.6 cm³/mol. The summed E-state index contributed by atoms with van der Waals surface area (Å²) in [5.41, 5.74) is 1.93. The Bertz CT molecular complexity index is 523. The number of hydrogen-bond donors (Lipinski definition) is 1. The van der Waals surface area contributed by atoms with Gasteiger partial charge in [-0.25, -0.2) is 19.1 Å². The molecule has 1 aliphatic rings. The lowest BCUT2D eigenvalue weighted by Crippen LogP contribution is -2.43. The van der Waals surface area contributed by atoms with E-state index in [9.17, 15) is 13.6 Å². The maximum absolute atomic E-state index is 14.2. The van der Waals surface area contributed by atoms with E-state index in [0.717, 1.165) is 18.6 Å². The van der Waals surface area contributed by atoms with Crippen molar-refractivity contribution < 1.29 is 27.9 Å². The number of nitrogens with one attached hydrogen (secondary N) is 1. The van der Waals surface area contributed by atoms with Gasteiger partial charge in [0.25, 0.3) is 0 Å². The number of nitrogens with zero attached hydrogens (tertiary/aromatic N) is 1. The number of likely N-dealkylation sites (tertiary alicyclic amines) is 1. The molecule has 1 heterocycles. The molecule has 1 N–H and O–H groups in total. The van der Waals surface area contributed by atoms with Gasteiger partial charge in [0, 0.05) is 38.4 Å². The van der Waals surface area contributed by atoms with E-state index in [-0.39, 0.29) is 24.5 Å². The van der Waals surface area contributed by atoms with Gasteiger partial charge in [-0.3, -0.25) is 0 Å². The molecule has 1 saturated heterocycles. The molecule has 0 aromatic heterocycles. The SMILES string of the molecule is CCOC(OCC)c1c(F)cc(NOC(=O)N2CCC2)cc1F. The van der Waals surface area contributed by atoms with Crippen LogP contribution in [0.3, 0.4) is 0 Å². The Hall–Kier alpha value is -1.93. The summed E-state index contributed by atoms with van der Waals surface area (Å²) in [6.07, 6.45) is -0.783. The van der Waals surface area contributed by atoms with Crippen molar-refractivity contribution in [3.8, 4) is 0 Å². The minimum atomic E-state index is -1.12. The Morgan fingerprint density at radius 2 is 1.78 bits per heavy atom. The second kappa shape index (κ2) is 8.07. The van der Waals surface area contributed by atoms with Gasteiger partial charge < -0.3 is 19.2 Å². The first kappa shape index (κ1) is 17.4. The largest absolute Gasteiger partial charge is 0.434 e. The highest BCUT2D eigenvalue weighted by atomic mass is 19.1. The lowest BCUT2D eigenvalue weighted by atomic mass is 10.1. The summed E-state index contributed by atoms with van der Waals surface area (Å²) in [4.78, 5) is 17.8. The van der Waals surface area contributed by atoms with E-state index in [1.807, 2.05) is 0 Å². The highest BCUT2D eigenvalue weighted by Gasteiger charge is 2.24. The first-order valence-electron chi connectivity index (χ1n) is 7.50. The molecular formula is C15H20F2N2O4. The second-order valence-corrected chi connectivity index (χ2v) is 4.91. The van der Waals surface area contributed by atoms with Crippen LogP contribution in [0.15, 0.2) is 12.1 Å². The van der Waals surface area contributed by atoms with E-state index in [1.54, 1.807) is 13.8 Å². The fourth-order valence-corrected chi connectivity index (χ4v) is 2.05. The minimum Gasteiger partial charge on any atom is -0.348 e. The standard InChI is InChI=1S/C15H20F2N2O4/c1-3-21-14(22-4-2)13-11(16)8-10(9-12(13)17)18-23-15(20)19-6-5-7-19/h8-9,14,18H,3-7H2,1-2H3. The molecule has 1 aromatic carbocycles. The number of ether oxygens (including phenoxy) is 2. The quantitative estimate of drug-likeness (QED) is 0.614. The van der Waals surface area contributed by atoms with Crippen LogP contribution in [0.5, 0.6) is 0 Å². The van der Waals surface area contributed by atoms with E-state index in [4.69, 9.17) is 14.3 Å². The van der Waals surface area contributed by atoms with E-state index < -0.39 is 24.0 Å². The van der Waals surface area contributed by atoms with Crippen molar-refractivity contribution in [2.45, 2.75) is 26.6 Å². The number of carbonyl (C=O) groups is 1. The van der Waals surface area contributed by atoms with Crippen LogP contribution >= 0.6 is 0 Å². The van der Waals surface area contributed by atoms with Crippen molar-refractivity contribution in [1.82, 2.24) is 4.90 Å². The van der Waals surface area contributed by atoms with Crippen LogP contribution in [0.25, 0.3) is 0 Å². The van der Waals surface area contributed by atoms with E-state index in [0.29, 0.717) is 13.1 Å². The summed E-state index contributed by atoms with van der Waals surface area (Å²) in [5, 5.41) is 0. The molecule has 0 aliphatic carbocycles. The average Bonchev–Trinajstić information content (AvgIpc) is 2.43. The number of rotatable bonds is 7. The Balaban J connectivity index is 2.07. The van der Waals surface area contributed by atoms with Gasteiger partial charge in [-0.2, -0.15) is 0 Å². The summed E-state index contributed by atoms with van der Waals surface area (Å²) >= 11 is 0. The molecule has 1 aromatic rings. The third-order valence-corrected chi connectivity index (χ3v) is 3.32. The summed E-state index contributed by atoms with van der Waals surface area (Å²) in [5.74, 6) is -1.70. The topological polar surface area (TPSA) is 60.0 Å². The summed E-state index contributed by atoms with van der Waals surface area (Å²) in [6, 6.07) is 2.04. The van der Waals surface area contributed by atoms with Crippen LogP contribution in [-0.4, -0.2) is 37.3 Å². The van der Waals surface area contributed by atoms with Gasteiger partial charge in [0.2, 0.25) is 0 Å². The molecule has 1 amide bonds. The van der Waals surface area contributed by atoms with Crippen LogP contribution in [0.2, 0.25) is 0 Å². The monoisotopic (exact) mass is 330 g/mol. The molecule has 0 spiro atoms. The van der Waals surface area contributed by atoms with Gasteiger partial charge >= 0.3 is 6.09 Å². The fourth-order valence-electron chi connectivity index (χ4n) is 2.05. The average molecular weight is 330 g/mol. The summed E-state index contributed by atoms with van der Waals surface area (Å²) in [6.45, 7) is 5.13. The smallest absolute Gasteiger partial charge is 0.348 e. The highest BCUT2D eigenvalue weighted by Crippen LogP contribution is 2.28. The number of hydrogen-bond acceptors (Lipinski definition) is 5. The Morgan fingerprint density at radius 3 is 2.22 bits per heavy atom. The molecule has 0 saturated carbocycles. The van der Waals surface area contributed by atoms with Gasteiger partial charge in [-0.1, -0.05) is 0 Å². The predicted octanol–water partition coefficient (Wildman–Crippen LogP) is 3.21. The molecule has 0 atom stereocenters. The Kier molecular flexibility index (Phi) is 6.12. The zero-order chi connectivity index (χ0) is 16.8. The minimum absolute atomic E-state index is 0.00984. The molecule has 1 fully saturated rings. The molecule has 0 unspecified atom stereocenters. The lowest BCUT2D eigenvalue weighted by molar-refractivity contribution is -0.143. The lowest BCUT2D eigenvalue weighted by Gasteiger charge is -2.29. The molecule has 23 heavy (non-hydrogen) atoms. The van der Waals surface area contributed by atoms with Crippen molar-refractivity contribution in [2.24, 2.45) is 0 Å². The van der Waals surface area contributed by atoms with Crippen LogP contribution < -0.4 is 5.48 Å². The van der Waals surface area contributed by atoms with E-state index >= 15 is 0 Å². The Labute approximate surface area is 133 Å². The molecule has 128 valence electrons. The van der Waals surface area contributed by atoms with E-state index in [2.05, 4.69) is 5.48 Å². The molecule has 0 radical (unpaired) electrons. The van der Waals surface area contributed by atoms with Crippen molar-refractivity contribution in [2.75, 3.05) is 31.8 Å². The molecule has 6 nitrogen and oxygen atoms in total. The number of carbonyl (C=O) groups excluding carboxylic acids is 1. The summed E-state index contributed by atoms with van der Waals surface area (Å²) < 4.78 is 38.8. The maximum atomic E-state index is 14.2. The molecule has 2 rings (SSSR count). The number of amides is 1. The van der Waals surface area contributed by atoms with Crippen LogP contribution in [-0.2, 0) is 14.3 Å². The fraction of sp³-hybridized carbons (Fsp3) is 0.533. The first-order chi connectivity index (χ1) is 11.1. The normalized spacial score (nSPS) is 13.9. The van der Waals surface area contributed by atoms with Crippen molar-refractivity contribution in [1.29, 1.82) is 0 Å². The van der Waals surface area contributed by atoms with Crippen molar-refractivity contribution in [3.63, 3.8) is 0 Å². The van der Waals surface area contributed by atoms with Crippen molar-refractivity contribution in [3.05, 3.63) is 29.3 Å². The van der Waals surface area contributed by atoms with Gasteiger partial charge in [0.15, 0.2) is 6.29 Å². The number of benzene rings is 1. The molecule has 0 bridgehead atoms. The molecular weight excluding hydrogens is 310 g/mol. The Morgan fingerprint density at radius 1 is 1.22 bits per heavy atom. The third-order valence-electron chi connectivity index (χ3n) is 3.32. The van der Waals surface area contributed by atoms with Gasteiger partial charge in [0.1, 0.15) is 11.6 Å². The first-order valence-corrected chi connectivity index (χ1v) is 7.50. The highest BCUT2D eigenvalue weighted by molar-refractivity contribution is 5.69. The molecule has 1 aliphatic heterocycles. The molecule has 8 heteroatoms. The second-order valence-electron chi connectivity index (χ2n) is 4.91. The zero-order valence-electron chi connectivity index (χ0n) is 13.1. The van der Waals surface area contributed by atoms with Gasteiger partial charge in [0.05, 0.1) is 11.3 Å². The summed E-state index contributed by atoms with van der Waals surface area (Å²) in [7, 11) is 0. The maximum Gasteiger partial charge on any atom is 0.434 e. The van der Waals surface area contributed by atoms with E-state index in [1.165, 1.54) is 4.90 Å².